The predicted octanol–water partition coefficient (Wildman–Crippen LogP) is 0.511. The largest absolute Gasteiger partial charge is 0.459 e. The highest BCUT2D eigenvalue weighted by atomic mass is 32.2. The molecule has 0 atom stereocenters. The van der Waals surface area contributed by atoms with E-state index in [9.17, 15) is 18.0 Å². The van der Waals surface area contributed by atoms with E-state index in [1.807, 2.05) is 0 Å². The van der Waals surface area contributed by atoms with Gasteiger partial charge in [-0.15, -0.1) is 0 Å². The minimum absolute atomic E-state index is 0.0626. The highest BCUT2D eigenvalue weighted by Crippen LogP contribution is 2.13. The van der Waals surface area contributed by atoms with Crippen molar-refractivity contribution in [3.05, 3.63) is 29.8 Å². The molecule has 0 aromatic heterocycles. The summed E-state index contributed by atoms with van der Waals surface area (Å²) in [6.45, 7) is 3.42. The van der Waals surface area contributed by atoms with Crippen LogP contribution in [-0.4, -0.2) is 32.2 Å². The zero-order valence-electron chi connectivity index (χ0n) is 10.6. The summed E-state index contributed by atoms with van der Waals surface area (Å²) in [7, 11) is -3.75. The molecule has 0 heterocycles. The van der Waals surface area contributed by atoms with Crippen LogP contribution >= 0.6 is 0 Å². The minimum Gasteiger partial charge on any atom is -0.459 e. The van der Waals surface area contributed by atoms with Gasteiger partial charge in [0.1, 0.15) is 5.75 Å². The molecule has 7 heteroatoms. The van der Waals surface area contributed by atoms with Gasteiger partial charge >= 0.3 is 5.97 Å². The Bertz CT molecular complexity index is 575. The number of hydrogen-bond donors (Lipinski definition) is 1. The average molecular weight is 285 g/mol. The number of benzene rings is 1. The molecule has 0 aliphatic rings. The van der Waals surface area contributed by atoms with E-state index in [4.69, 9.17) is 10.5 Å². The molecule has 0 saturated carbocycles. The third-order valence-corrected chi connectivity index (χ3v) is 3.78. The molecule has 1 rings (SSSR count). The van der Waals surface area contributed by atoms with Crippen LogP contribution in [0, 0.1) is 0 Å². The number of esters is 1. The number of nitrogens with two attached hydrogens (primary N) is 1. The molecule has 0 spiro atoms. The zero-order chi connectivity index (χ0) is 14.6. The number of sulfone groups is 1. The second kappa shape index (κ2) is 5.83. The van der Waals surface area contributed by atoms with Crippen molar-refractivity contribution in [3.8, 4) is 0 Å². The van der Waals surface area contributed by atoms with Gasteiger partial charge in [0.2, 0.25) is 5.91 Å². The van der Waals surface area contributed by atoms with Crippen molar-refractivity contribution >= 4 is 21.7 Å². The van der Waals surface area contributed by atoms with E-state index in [1.165, 1.54) is 24.3 Å². The maximum absolute atomic E-state index is 11.7. The van der Waals surface area contributed by atoms with Crippen molar-refractivity contribution in [1.29, 1.82) is 0 Å². The SMILES string of the molecule is CC(C)OC(=O)c1ccc(S(=O)(=O)CC(N)=O)cc1. The molecule has 2 N–H and O–H groups in total. The highest BCUT2D eigenvalue weighted by molar-refractivity contribution is 7.92. The maximum atomic E-state index is 11.7. The number of carbonyl (C=O) groups excluding carboxylic acids is 2. The Morgan fingerprint density at radius 2 is 1.74 bits per heavy atom. The zero-order valence-corrected chi connectivity index (χ0v) is 11.4. The van der Waals surface area contributed by atoms with Crippen LogP contribution in [0.5, 0.6) is 0 Å². The van der Waals surface area contributed by atoms with Gasteiger partial charge in [-0.3, -0.25) is 4.79 Å². The number of amides is 1. The molecular weight excluding hydrogens is 270 g/mol. The lowest BCUT2D eigenvalue weighted by Gasteiger charge is -2.08. The number of carbonyl (C=O) groups is 2. The Morgan fingerprint density at radius 3 is 2.16 bits per heavy atom. The van der Waals surface area contributed by atoms with E-state index in [0.717, 1.165) is 0 Å². The molecule has 104 valence electrons. The Labute approximate surface area is 111 Å². The number of hydrogen-bond acceptors (Lipinski definition) is 5. The fraction of sp³-hybridized carbons (Fsp3) is 0.333. The molecule has 1 amide bonds. The van der Waals surface area contributed by atoms with Gasteiger partial charge in [0, 0.05) is 0 Å². The van der Waals surface area contributed by atoms with E-state index in [0.29, 0.717) is 0 Å². The molecule has 0 bridgehead atoms. The Balaban J connectivity index is 2.94. The van der Waals surface area contributed by atoms with Gasteiger partial charge in [0.25, 0.3) is 0 Å². The van der Waals surface area contributed by atoms with E-state index in [1.54, 1.807) is 13.8 Å². The first-order chi connectivity index (χ1) is 8.72. The van der Waals surface area contributed by atoms with E-state index >= 15 is 0 Å². The third kappa shape index (κ3) is 4.36. The molecule has 1 aromatic rings. The molecule has 0 fully saturated rings. The minimum atomic E-state index is -3.75. The van der Waals surface area contributed by atoms with Crippen molar-refractivity contribution in [3.63, 3.8) is 0 Å². The average Bonchev–Trinajstić information content (AvgIpc) is 2.26. The summed E-state index contributed by atoms with van der Waals surface area (Å²) in [5.74, 6) is -2.22. The van der Waals surface area contributed by atoms with Gasteiger partial charge in [-0.05, 0) is 38.1 Å². The fourth-order valence-electron chi connectivity index (χ4n) is 1.35. The fourth-order valence-corrected chi connectivity index (χ4v) is 2.44. The van der Waals surface area contributed by atoms with Crippen molar-refractivity contribution in [2.24, 2.45) is 5.73 Å². The summed E-state index contributed by atoms with van der Waals surface area (Å²) in [5, 5.41) is 0. The Kier molecular flexibility index (Phi) is 4.66. The second-order valence-corrected chi connectivity index (χ2v) is 6.19. The molecule has 6 nitrogen and oxygen atoms in total. The summed E-state index contributed by atoms with van der Waals surface area (Å²) in [6, 6.07) is 5.15. The van der Waals surface area contributed by atoms with Crippen LogP contribution in [-0.2, 0) is 19.4 Å². The number of ether oxygens (including phenoxy) is 1. The first-order valence-electron chi connectivity index (χ1n) is 5.54. The first kappa shape index (κ1) is 15.2. The van der Waals surface area contributed by atoms with Crippen LogP contribution in [0.1, 0.15) is 24.2 Å². The predicted molar refractivity (Wildman–Crippen MR) is 68.2 cm³/mol. The van der Waals surface area contributed by atoms with Crippen LogP contribution < -0.4 is 5.73 Å². The van der Waals surface area contributed by atoms with Crippen LogP contribution in [0.2, 0.25) is 0 Å². The second-order valence-electron chi connectivity index (χ2n) is 4.20. The third-order valence-electron chi connectivity index (χ3n) is 2.12. The molecule has 0 saturated heterocycles. The van der Waals surface area contributed by atoms with E-state index < -0.39 is 27.5 Å². The quantitative estimate of drug-likeness (QED) is 0.794. The summed E-state index contributed by atoms with van der Waals surface area (Å²) in [6.07, 6.45) is -0.259. The van der Waals surface area contributed by atoms with E-state index in [-0.39, 0.29) is 16.6 Å². The number of primary amides is 1. The molecule has 0 radical (unpaired) electrons. The lowest BCUT2D eigenvalue weighted by molar-refractivity contribution is -0.115. The molecular formula is C12H15NO5S. The molecule has 0 aliphatic heterocycles. The van der Waals surface area contributed by atoms with Crippen LogP contribution in [0.25, 0.3) is 0 Å². The van der Waals surface area contributed by atoms with Crippen molar-refractivity contribution in [2.75, 3.05) is 5.75 Å². The topological polar surface area (TPSA) is 104 Å². The van der Waals surface area contributed by atoms with Gasteiger partial charge < -0.3 is 10.5 Å². The normalized spacial score (nSPS) is 11.3. The Morgan fingerprint density at radius 1 is 1.21 bits per heavy atom. The highest BCUT2D eigenvalue weighted by Gasteiger charge is 2.18. The summed E-state index contributed by atoms with van der Waals surface area (Å²) < 4.78 is 28.3. The van der Waals surface area contributed by atoms with Gasteiger partial charge in [-0.25, -0.2) is 13.2 Å². The smallest absolute Gasteiger partial charge is 0.338 e. The van der Waals surface area contributed by atoms with Crippen LogP contribution in [0.4, 0.5) is 0 Å². The molecule has 0 unspecified atom stereocenters. The summed E-state index contributed by atoms with van der Waals surface area (Å²) >= 11 is 0. The first-order valence-corrected chi connectivity index (χ1v) is 7.19. The van der Waals surface area contributed by atoms with Crippen LogP contribution in [0.3, 0.4) is 0 Å². The standard InChI is InChI=1S/C12H15NO5S/c1-8(2)18-12(15)9-3-5-10(6-4-9)19(16,17)7-11(13)14/h3-6,8H,7H2,1-2H3,(H2,13,14). The van der Waals surface area contributed by atoms with Crippen molar-refractivity contribution in [1.82, 2.24) is 0 Å². The van der Waals surface area contributed by atoms with Gasteiger partial charge in [-0.1, -0.05) is 0 Å². The van der Waals surface area contributed by atoms with Crippen LogP contribution in [0.15, 0.2) is 29.2 Å². The molecule has 1 aromatic carbocycles. The van der Waals surface area contributed by atoms with Crippen molar-refractivity contribution in [2.45, 2.75) is 24.8 Å². The monoisotopic (exact) mass is 285 g/mol. The van der Waals surface area contributed by atoms with Crippen molar-refractivity contribution < 1.29 is 22.7 Å². The number of rotatable bonds is 5. The van der Waals surface area contributed by atoms with E-state index in [2.05, 4.69) is 0 Å². The van der Waals surface area contributed by atoms with Gasteiger partial charge in [-0.2, -0.15) is 0 Å². The summed E-state index contributed by atoms with van der Waals surface area (Å²) in [4.78, 5) is 22.1. The summed E-state index contributed by atoms with van der Waals surface area (Å²) in [5.41, 5.74) is 5.10. The molecule has 0 aliphatic carbocycles. The van der Waals surface area contributed by atoms with Gasteiger partial charge in [0.15, 0.2) is 9.84 Å². The maximum Gasteiger partial charge on any atom is 0.338 e. The lowest BCUT2D eigenvalue weighted by Crippen LogP contribution is -2.23. The molecule has 19 heavy (non-hydrogen) atoms. The van der Waals surface area contributed by atoms with Gasteiger partial charge in [0.05, 0.1) is 16.6 Å². The Hall–Kier alpha value is -1.89. The lowest BCUT2D eigenvalue weighted by atomic mass is 10.2.